The van der Waals surface area contributed by atoms with Crippen LogP contribution in [0.5, 0.6) is 0 Å². The molecule has 0 spiro atoms. The van der Waals surface area contributed by atoms with Crippen molar-refractivity contribution in [2.24, 2.45) is 5.73 Å². The highest BCUT2D eigenvalue weighted by molar-refractivity contribution is 6.29. The van der Waals surface area contributed by atoms with E-state index in [2.05, 4.69) is 4.98 Å². The van der Waals surface area contributed by atoms with Gasteiger partial charge < -0.3 is 5.73 Å². The van der Waals surface area contributed by atoms with E-state index in [0.717, 1.165) is 5.56 Å². The summed E-state index contributed by atoms with van der Waals surface area (Å²) in [5.41, 5.74) is 5.81. The van der Waals surface area contributed by atoms with E-state index >= 15 is 0 Å². The monoisotopic (exact) mass is 183 g/mol. The standard InChI is InChI=1S/C8H8ClN2O/c9-7-5-6(3-4-11-7)1-2-8(10)12/h1,3-5H,2H2,(H2,10,12). The lowest BCUT2D eigenvalue weighted by Crippen LogP contribution is -2.10. The van der Waals surface area contributed by atoms with Crippen molar-refractivity contribution in [3.05, 3.63) is 35.5 Å². The number of nitrogens with zero attached hydrogens (tertiary/aromatic N) is 1. The molecule has 1 amide bonds. The molecule has 12 heavy (non-hydrogen) atoms. The van der Waals surface area contributed by atoms with Gasteiger partial charge in [-0.05, 0) is 17.7 Å². The van der Waals surface area contributed by atoms with Crippen LogP contribution in [0.2, 0.25) is 5.15 Å². The largest absolute Gasteiger partial charge is 0.370 e. The van der Waals surface area contributed by atoms with Crippen molar-refractivity contribution in [2.75, 3.05) is 0 Å². The van der Waals surface area contributed by atoms with Crippen molar-refractivity contribution in [1.29, 1.82) is 0 Å². The van der Waals surface area contributed by atoms with E-state index in [9.17, 15) is 4.79 Å². The predicted molar refractivity (Wildman–Crippen MR) is 46.5 cm³/mol. The summed E-state index contributed by atoms with van der Waals surface area (Å²) in [6.45, 7) is 0. The van der Waals surface area contributed by atoms with E-state index in [-0.39, 0.29) is 12.3 Å². The number of rotatable bonds is 3. The number of hydrogen-bond donors (Lipinski definition) is 1. The van der Waals surface area contributed by atoms with Crippen LogP contribution in [0.15, 0.2) is 18.3 Å². The first kappa shape index (κ1) is 9.00. The van der Waals surface area contributed by atoms with Crippen LogP contribution in [-0.2, 0) is 4.79 Å². The van der Waals surface area contributed by atoms with Crippen molar-refractivity contribution >= 4 is 17.5 Å². The Hall–Kier alpha value is -1.09. The Bertz CT molecular complexity index is 288. The Morgan fingerprint density at radius 1 is 1.75 bits per heavy atom. The third-order valence-corrected chi connectivity index (χ3v) is 1.50. The summed E-state index contributed by atoms with van der Waals surface area (Å²) in [6, 6.07) is 3.43. The minimum Gasteiger partial charge on any atom is -0.370 e. The van der Waals surface area contributed by atoms with Gasteiger partial charge in [0, 0.05) is 19.0 Å². The molecule has 1 aromatic rings. The molecule has 0 unspecified atom stereocenters. The van der Waals surface area contributed by atoms with Crippen LogP contribution >= 0.6 is 11.6 Å². The molecule has 4 heteroatoms. The average molecular weight is 184 g/mol. The fraction of sp³-hybridized carbons (Fsp3) is 0.125. The van der Waals surface area contributed by atoms with Crippen molar-refractivity contribution in [3.8, 4) is 0 Å². The summed E-state index contributed by atoms with van der Waals surface area (Å²) in [6.07, 6.45) is 3.51. The molecule has 1 heterocycles. The number of carbonyl (C=O) groups excluding carboxylic acids is 1. The van der Waals surface area contributed by atoms with E-state index in [0.29, 0.717) is 5.15 Å². The first-order valence-electron chi connectivity index (χ1n) is 3.41. The number of amides is 1. The molecule has 0 fully saturated rings. The van der Waals surface area contributed by atoms with Gasteiger partial charge in [-0.1, -0.05) is 11.6 Å². The van der Waals surface area contributed by atoms with Gasteiger partial charge in [-0.3, -0.25) is 4.79 Å². The number of hydrogen-bond acceptors (Lipinski definition) is 2. The van der Waals surface area contributed by atoms with Gasteiger partial charge in [0.05, 0.1) is 0 Å². The summed E-state index contributed by atoms with van der Waals surface area (Å²) >= 11 is 5.61. The Morgan fingerprint density at radius 2 is 2.50 bits per heavy atom. The Morgan fingerprint density at radius 3 is 3.08 bits per heavy atom. The number of aromatic nitrogens is 1. The number of primary amides is 1. The average Bonchev–Trinajstić information content (AvgIpc) is 2.01. The second-order valence-corrected chi connectivity index (χ2v) is 2.67. The molecular weight excluding hydrogens is 176 g/mol. The summed E-state index contributed by atoms with van der Waals surface area (Å²) in [4.78, 5) is 14.2. The van der Waals surface area contributed by atoms with Crippen LogP contribution in [0.3, 0.4) is 0 Å². The van der Waals surface area contributed by atoms with E-state index in [1.807, 2.05) is 0 Å². The summed E-state index contributed by atoms with van der Waals surface area (Å²) in [7, 11) is 0. The molecule has 0 aliphatic carbocycles. The lowest BCUT2D eigenvalue weighted by atomic mass is 10.1. The molecule has 0 aliphatic rings. The van der Waals surface area contributed by atoms with Gasteiger partial charge in [-0.2, -0.15) is 0 Å². The lowest BCUT2D eigenvalue weighted by molar-refractivity contribution is -0.117. The zero-order valence-electron chi connectivity index (χ0n) is 6.33. The molecule has 3 nitrogen and oxygen atoms in total. The van der Waals surface area contributed by atoms with Crippen LogP contribution in [0.25, 0.3) is 0 Å². The van der Waals surface area contributed by atoms with Crippen LogP contribution in [0, 0.1) is 6.42 Å². The van der Waals surface area contributed by atoms with Crippen LogP contribution in [0.1, 0.15) is 12.0 Å². The van der Waals surface area contributed by atoms with Gasteiger partial charge in [-0.25, -0.2) is 4.98 Å². The van der Waals surface area contributed by atoms with Crippen LogP contribution < -0.4 is 5.73 Å². The third kappa shape index (κ3) is 2.88. The van der Waals surface area contributed by atoms with E-state index < -0.39 is 0 Å². The topological polar surface area (TPSA) is 56.0 Å². The van der Waals surface area contributed by atoms with Gasteiger partial charge in [0.2, 0.25) is 5.91 Å². The fourth-order valence-corrected chi connectivity index (χ4v) is 0.945. The molecule has 0 aliphatic heterocycles. The second-order valence-electron chi connectivity index (χ2n) is 2.29. The molecule has 2 N–H and O–H groups in total. The molecule has 0 saturated carbocycles. The third-order valence-electron chi connectivity index (χ3n) is 1.29. The number of nitrogens with two attached hydrogens (primary N) is 1. The van der Waals surface area contributed by atoms with Crippen molar-refractivity contribution in [2.45, 2.75) is 6.42 Å². The summed E-state index contributed by atoms with van der Waals surface area (Å²) in [5.74, 6) is -0.358. The van der Waals surface area contributed by atoms with Crippen LogP contribution in [-0.4, -0.2) is 10.9 Å². The van der Waals surface area contributed by atoms with Gasteiger partial charge >= 0.3 is 0 Å². The molecule has 0 bridgehead atoms. The molecule has 0 saturated heterocycles. The SMILES string of the molecule is NC(=O)C[CH]c1ccnc(Cl)c1. The maximum Gasteiger partial charge on any atom is 0.218 e. The minimum absolute atomic E-state index is 0.223. The normalized spacial score (nSPS) is 9.75. The molecule has 0 atom stereocenters. The summed E-state index contributed by atoms with van der Waals surface area (Å²) < 4.78 is 0. The fourth-order valence-electron chi connectivity index (χ4n) is 0.763. The van der Waals surface area contributed by atoms with Crippen LogP contribution in [0.4, 0.5) is 0 Å². The Balaban J connectivity index is 2.57. The number of halogens is 1. The van der Waals surface area contributed by atoms with E-state index in [1.165, 1.54) is 0 Å². The van der Waals surface area contributed by atoms with E-state index in [4.69, 9.17) is 17.3 Å². The highest BCUT2D eigenvalue weighted by Gasteiger charge is 1.98. The highest BCUT2D eigenvalue weighted by Crippen LogP contribution is 2.09. The Kier molecular flexibility index (Phi) is 3.05. The van der Waals surface area contributed by atoms with Crippen molar-refractivity contribution < 1.29 is 4.79 Å². The second kappa shape index (κ2) is 4.07. The Labute approximate surface area is 75.6 Å². The zero-order chi connectivity index (χ0) is 8.97. The maximum atomic E-state index is 10.4. The zero-order valence-corrected chi connectivity index (χ0v) is 7.08. The van der Waals surface area contributed by atoms with Crippen molar-refractivity contribution in [3.63, 3.8) is 0 Å². The van der Waals surface area contributed by atoms with Gasteiger partial charge in [0.15, 0.2) is 0 Å². The van der Waals surface area contributed by atoms with Gasteiger partial charge in [-0.15, -0.1) is 0 Å². The molecule has 1 aromatic heterocycles. The molecule has 0 aromatic carbocycles. The molecule has 1 radical (unpaired) electrons. The molecule has 63 valence electrons. The maximum absolute atomic E-state index is 10.4. The molecule has 1 rings (SSSR count). The first-order valence-corrected chi connectivity index (χ1v) is 3.79. The lowest BCUT2D eigenvalue weighted by Gasteiger charge is -1.97. The van der Waals surface area contributed by atoms with Gasteiger partial charge in [0.25, 0.3) is 0 Å². The quantitative estimate of drug-likeness (QED) is 0.715. The molecular formula is C8H8ClN2O. The highest BCUT2D eigenvalue weighted by atomic mass is 35.5. The predicted octanol–water partition coefficient (Wildman–Crippen LogP) is 1.16. The van der Waals surface area contributed by atoms with E-state index in [1.54, 1.807) is 24.8 Å². The number of pyridine rings is 1. The van der Waals surface area contributed by atoms with Gasteiger partial charge in [0.1, 0.15) is 5.15 Å². The number of carbonyl (C=O) groups is 1. The van der Waals surface area contributed by atoms with Crippen molar-refractivity contribution in [1.82, 2.24) is 4.98 Å². The smallest absolute Gasteiger partial charge is 0.218 e. The summed E-state index contributed by atoms with van der Waals surface area (Å²) in [5, 5.41) is 0.410. The minimum atomic E-state index is -0.358. The first-order chi connectivity index (χ1) is 5.68.